The SMILES string of the molecule is CCOC(=O)/C=C/CC[C@H]1O[C@@H](C)OC[C@H]1O. The summed E-state index contributed by atoms with van der Waals surface area (Å²) in [6.07, 6.45) is 3.34. The van der Waals surface area contributed by atoms with E-state index in [1.807, 2.05) is 0 Å². The van der Waals surface area contributed by atoms with Gasteiger partial charge in [-0.25, -0.2) is 4.79 Å². The molecule has 5 nitrogen and oxygen atoms in total. The van der Waals surface area contributed by atoms with Crippen molar-refractivity contribution in [1.29, 1.82) is 0 Å². The zero-order chi connectivity index (χ0) is 12.7. The number of hydrogen-bond donors (Lipinski definition) is 1. The normalized spacial score (nSPS) is 29.5. The predicted molar refractivity (Wildman–Crippen MR) is 61.3 cm³/mol. The van der Waals surface area contributed by atoms with Gasteiger partial charge in [-0.05, 0) is 26.7 Å². The lowest BCUT2D eigenvalue weighted by molar-refractivity contribution is -0.244. The van der Waals surface area contributed by atoms with Gasteiger partial charge in [-0.3, -0.25) is 0 Å². The molecule has 1 saturated heterocycles. The van der Waals surface area contributed by atoms with E-state index in [1.54, 1.807) is 19.9 Å². The fourth-order valence-corrected chi connectivity index (χ4v) is 1.61. The number of carbonyl (C=O) groups is 1. The Morgan fingerprint density at radius 1 is 1.59 bits per heavy atom. The molecule has 17 heavy (non-hydrogen) atoms. The maximum Gasteiger partial charge on any atom is 0.330 e. The Kier molecular flexibility index (Phi) is 6.18. The molecule has 1 rings (SSSR count). The van der Waals surface area contributed by atoms with Crippen molar-refractivity contribution in [2.24, 2.45) is 0 Å². The molecule has 0 spiro atoms. The number of esters is 1. The van der Waals surface area contributed by atoms with Crippen LogP contribution in [0, 0.1) is 0 Å². The maximum atomic E-state index is 11.0. The lowest BCUT2D eigenvalue weighted by atomic mass is 10.1. The van der Waals surface area contributed by atoms with Crippen molar-refractivity contribution in [3.8, 4) is 0 Å². The molecular formula is C12H20O5. The molecule has 0 radical (unpaired) electrons. The Labute approximate surface area is 101 Å². The number of ether oxygens (including phenoxy) is 3. The standard InChI is InChI=1S/C12H20O5/c1-3-15-12(14)7-5-4-6-11-10(13)8-16-9(2)17-11/h5,7,9-11,13H,3-4,6,8H2,1-2H3/b7-5+/t9-,10+,11+/m0/s1. The first-order chi connectivity index (χ1) is 8.13. The predicted octanol–water partition coefficient (Wildman–Crippen LogP) is 1.01. The number of aliphatic hydroxyl groups excluding tert-OH is 1. The highest BCUT2D eigenvalue weighted by Crippen LogP contribution is 2.17. The van der Waals surface area contributed by atoms with Crippen LogP contribution in [0.4, 0.5) is 0 Å². The molecule has 1 aliphatic heterocycles. The Hall–Kier alpha value is -0.910. The zero-order valence-corrected chi connectivity index (χ0v) is 10.3. The molecule has 98 valence electrons. The second-order valence-corrected chi connectivity index (χ2v) is 3.87. The Morgan fingerprint density at radius 2 is 2.35 bits per heavy atom. The van der Waals surface area contributed by atoms with Crippen molar-refractivity contribution in [3.63, 3.8) is 0 Å². The van der Waals surface area contributed by atoms with Crippen LogP contribution in [-0.2, 0) is 19.0 Å². The van der Waals surface area contributed by atoms with Crippen LogP contribution in [0.25, 0.3) is 0 Å². The third kappa shape index (κ3) is 5.30. The minimum absolute atomic E-state index is 0.231. The first kappa shape index (κ1) is 14.2. The second-order valence-electron chi connectivity index (χ2n) is 3.87. The molecule has 1 fully saturated rings. The summed E-state index contributed by atoms with van der Waals surface area (Å²) in [6, 6.07) is 0. The van der Waals surface area contributed by atoms with Gasteiger partial charge in [0.05, 0.1) is 19.3 Å². The second kappa shape index (κ2) is 7.42. The molecule has 0 aromatic rings. The molecule has 0 aromatic heterocycles. The Balaban J connectivity index is 2.23. The van der Waals surface area contributed by atoms with Gasteiger partial charge in [0.1, 0.15) is 6.10 Å². The van der Waals surface area contributed by atoms with E-state index < -0.39 is 6.10 Å². The fourth-order valence-electron chi connectivity index (χ4n) is 1.61. The first-order valence-electron chi connectivity index (χ1n) is 5.92. The third-order valence-corrected chi connectivity index (χ3v) is 2.46. The highest BCUT2D eigenvalue weighted by atomic mass is 16.7. The van der Waals surface area contributed by atoms with Gasteiger partial charge in [-0.1, -0.05) is 6.08 Å². The monoisotopic (exact) mass is 244 g/mol. The van der Waals surface area contributed by atoms with Crippen molar-refractivity contribution in [2.75, 3.05) is 13.2 Å². The number of carbonyl (C=O) groups excluding carboxylic acids is 1. The van der Waals surface area contributed by atoms with E-state index in [-0.39, 0.29) is 18.4 Å². The smallest absolute Gasteiger partial charge is 0.330 e. The van der Waals surface area contributed by atoms with E-state index in [9.17, 15) is 9.90 Å². The molecule has 0 aliphatic carbocycles. The van der Waals surface area contributed by atoms with Crippen LogP contribution in [0.3, 0.4) is 0 Å². The van der Waals surface area contributed by atoms with E-state index in [1.165, 1.54) is 6.08 Å². The van der Waals surface area contributed by atoms with Gasteiger partial charge in [-0.15, -0.1) is 0 Å². The van der Waals surface area contributed by atoms with Crippen LogP contribution < -0.4 is 0 Å². The molecule has 1 aliphatic rings. The van der Waals surface area contributed by atoms with Gasteiger partial charge in [0.2, 0.25) is 0 Å². The van der Waals surface area contributed by atoms with Crippen LogP contribution in [0.1, 0.15) is 26.7 Å². The molecule has 0 unspecified atom stereocenters. The molecule has 5 heteroatoms. The van der Waals surface area contributed by atoms with Gasteiger partial charge in [0.15, 0.2) is 6.29 Å². The van der Waals surface area contributed by atoms with Crippen molar-refractivity contribution in [2.45, 2.75) is 45.2 Å². The summed E-state index contributed by atoms with van der Waals surface area (Å²) in [4.78, 5) is 11.0. The summed E-state index contributed by atoms with van der Waals surface area (Å²) < 4.78 is 15.3. The van der Waals surface area contributed by atoms with Crippen LogP contribution in [0.15, 0.2) is 12.2 Å². The van der Waals surface area contributed by atoms with E-state index in [0.717, 1.165) is 0 Å². The summed E-state index contributed by atoms with van der Waals surface area (Å²) in [6.45, 7) is 4.24. The Bertz CT molecular complexity index is 264. The van der Waals surface area contributed by atoms with Gasteiger partial charge in [0.25, 0.3) is 0 Å². The summed E-state index contributed by atoms with van der Waals surface area (Å²) in [7, 11) is 0. The summed E-state index contributed by atoms with van der Waals surface area (Å²) in [5, 5.41) is 9.61. The minimum Gasteiger partial charge on any atom is -0.463 e. The van der Waals surface area contributed by atoms with Crippen molar-refractivity contribution < 1.29 is 24.1 Å². The van der Waals surface area contributed by atoms with Crippen molar-refractivity contribution in [1.82, 2.24) is 0 Å². The molecule has 0 aromatic carbocycles. The topological polar surface area (TPSA) is 65.0 Å². The largest absolute Gasteiger partial charge is 0.463 e. The third-order valence-electron chi connectivity index (χ3n) is 2.46. The summed E-state index contributed by atoms with van der Waals surface area (Å²) in [5.74, 6) is -0.339. The molecular weight excluding hydrogens is 224 g/mol. The molecule has 1 N–H and O–H groups in total. The lowest BCUT2D eigenvalue weighted by Crippen LogP contribution is -2.42. The number of rotatable bonds is 5. The van der Waals surface area contributed by atoms with Gasteiger partial charge >= 0.3 is 5.97 Å². The fraction of sp³-hybridized carbons (Fsp3) is 0.750. The quantitative estimate of drug-likeness (QED) is 0.577. The average molecular weight is 244 g/mol. The van der Waals surface area contributed by atoms with E-state index >= 15 is 0 Å². The average Bonchev–Trinajstić information content (AvgIpc) is 2.29. The first-order valence-corrected chi connectivity index (χ1v) is 5.92. The van der Waals surface area contributed by atoms with E-state index in [2.05, 4.69) is 0 Å². The zero-order valence-electron chi connectivity index (χ0n) is 10.3. The molecule has 3 atom stereocenters. The summed E-state index contributed by atoms with van der Waals surface area (Å²) >= 11 is 0. The van der Waals surface area contributed by atoms with Crippen LogP contribution in [0.2, 0.25) is 0 Å². The molecule has 1 heterocycles. The van der Waals surface area contributed by atoms with Gasteiger partial charge < -0.3 is 19.3 Å². The molecule has 0 amide bonds. The lowest BCUT2D eigenvalue weighted by Gasteiger charge is -2.32. The Morgan fingerprint density at radius 3 is 3.06 bits per heavy atom. The summed E-state index contributed by atoms with van der Waals surface area (Å²) in [5.41, 5.74) is 0. The highest BCUT2D eigenvalue weighted by Gasteiger charge is 2.27. The van der Waals surface area contributed by atoms with Gasteiger partial charge in [0, 0.05) is 6.08 Å². The van der Waals surface area contributed by atoms with Crippen LogP contribution in [0.5, 0.6) is 0 Å². The maximum absolute atomic E-state index is 11.0. The van der Waals surface area contributed by atoms with Crippen LogP contribution >= 0.6 is 0 Å². The number of allylic oxidation sites excluding steroid dienone is 1. The molecule has 0 bridgehead atoms. The van der Waals surface area contributed by atoms with E-state index in [0.29, 0.717) is 26.1 Å². The van der Waals surface area contributed by atoms with E-state index in [4.69, 9.17) is 14.2 Å². The number of hydrogen-bond acceptors (Lipinski definition) is 5. The van der Waals surface area contributed by atoms with Gasteiger partial charge in [-0.2, -0.15) is 0 Å². The van der Waals surface area contributed by atoms with Crippen molar-refractivity contribution >= 4 is 5.97 Å². The van der Waals surface area contributed by atoms with Crippen LogP contribution in [-0.4, -0.2) is 42.8 Å². The highest BCUT2D eigenvalue weighted by molar-refractivity contribution is 5.81. The number of aliphatic hydroxyl groups is 1. The molecule has 0 saturated carbocycles. The van der Waals surface area contributed by atoms with Crippen molar-refractivity contribution in [3.05, 3.63) is 12.2 Å². The minimum atomic E-state index is -0.595.